The van der Waals surface area contributed by atoms with E-state index in [1.165, 1.54) is 16.9 Å². The highest BCUT2D eigenvalue weighted by atomic mass is 15.0. The molecule has 2 heteroatoms. The quantitative estimate of drug-likeness (QED) is 0.634. The number of aliphatic imine (C=N–C) groups is 1. The van der Waals surface area contributed by atoms with E-state index in [1.807, 2.05) is 6.21 Å². The SMILES string of the molecule is C1=NCC2C(=C1)Nc1ccccc12. The molecule has 1 aromatic rings. The van der Waals surface area contributed by atoms with Gasteiger partial charge in [0.2, 0.25) is 0 Å². The van der Waals surface area contributed by atoms with Crippen LogP contribution >= 0.6 is 0 Å². The van der Waals surface area contributed by atoms with E-state index in [1.54, 1.807) is 0 Å². The summed E-state index contributed by atoms with van der Waals surface area (Å²) in [5.41, 5.74) is 3.91. The van der Waals surface area contributed by atoms with E-state index in [0.29, 0.717) is 5.92 Å². The molecule has 0 aliphatic carbocycles. The lowest BCUT2D eigenvalue weighted by Crippen LogP contribution is -2.07. The van der Waals surface area contributed by atoms with Crippen LogP contribution in [0.5, 0.6) is 0 Å². The first kappa shape index (κ1) is 6.89. The van der Waals surface area contributed by atoms with Crippen molar-refractivity contribution in [3.63, 3.8) is 0 Å². The fourth-order valence-electron chi connectivity index (χ4n) is 1.98. The van der Waals surface area contributed by atoms with Gasteiger partial charge >= 0.3 is 0 Å². The molecule has 1 aromatic carbocycles. The van der Waals surface area contributed by atoms with Gasteiger partial charge in [-0.2, -0.15) is 0 Å². The summed E-state index contributed by atoms with van der Waals surface area (Å²) in [4.78, 5) is 4.28. The fourth-order valence-corrected chi connectivity index (χ4v) is 1.98. The van der Waals surface area contributed by atoms with Gasteiger partial charge < -0.3 is 5.32 Å². The minimum Gasteiger partial charge on any atom is -0.358 e. The summed E-state index contributed by atoms with van der Waals surface area (Å²) in [6.45, 7) is 0.885. The van der Waals surface area contributed by atoms with E-state index >= 15 is 0 Å². The molecule has 1 N–H and O–H groups in total. The van der Waals surface area contributed by atoms with Crippen molar-refractivity contribution in [2.75, 3.05) is 11.9 Å². The lowest BCUT2D eigenvalue weighted by atomic mass is 9.97. The Balaban J connectivity index is 2.14. The van der Waals surface area contributed by atoms with E-state index in [0.717, 1.165) is 6.54 Å². The average Bonchev–Trinajstić information content (AvgIpc) is 2.56. The molecular formula is C11H10N2. The molecule has 0 saturated heterocycles. The Kier molecular flexibility index (Phi) is 1.30. The Hall–Kier alpha value is -1.57. The largest absolute Gasteiger partial charge is 0.358 e. The minimum atomic E-state index is 0.473. The second kappa shape index (κ2) is 2.46. The van der Waals surface area contributed by atoms with Crippen LogP contribution in [0, 0.1) is 0 Å². The van der Waals surface area contributed by atoms with Gasteiger partial charge in [0.05, 0.1) is 6.54 Å². The molecule has 2 aliphatic heterocycles. The molecule has 2 aliphatic rings. The molecule has 0 amide bonds. The third kappa shape index (κ3) is 0.917. The van der Waals surface area contributed by atoms with Crippen LogP contribution in [-0.4, -0.2) is 12.8 Å². The molecule has 1 unspecified atom stereocenters. The van der Waals surface area contributed by atoms with Gasteiger partial charge in [0.1, 0.15) is 0 Å². The summed E-state index contributed by atoms with van der Waals surface area (Å²) >= 11 is 0. The van der Waals surface area contributed by atoms with Gasteiger partial charge in [0.25, 0.3) is 0 Å². The molecule has 0 saturated carbocycles. The summed E-state index contributed by atoms with van der Waals surface area (Å²) < 4.78 is 0. The van der Waals surface area contributed by atoms with Crippen molar-refractivity contribution >= 4 is 11.9 Å². The van der Waals surface area contributed by atoms with Crippen molar-refractivity contribution in [3.05, 3.63) is 41.6 Å². The number of benzene rings is 1. The highest BCUT2D eigenvalue weighted by molar-refractivity contribution is 5.79. The molecule has 0 aromatic heterocycles. The van der Waals surface area contributed by atoms with Crippen LogP contribution in [0.3, 0.4) is 0 Å². The van der Waals surface area contributed by atoms with E-state index in [4.69, 9.17) is 0 Å². The van der Waals surface area contributed by atoms with Crippen molar-refractivity contribution < 1.29 is 0 Å². The summed E-state index contributed by atoms with van der Waals surface area (Å²) in [6.07, 6.45) is 3.94. The monoisotopic (exact) mass is 170 g/mol. The maximum absolute atomic E-state index is 4.28. The number of hydrogen-bond donors (Lipinski definition) is 1. The Morgan fingerprint density at radius 2 is 2.23 bits per heavy atom. The van der Waals surface area contributed by atoms with Gasteiger partial charge in [0.15, 0.2) is 0 Å². The number of nitrogens with zero attached hydrogens (tertiary/aromatic N) is 1. The normalized spacial score (nSPS) is 23.1. The summed E-state index contributed by atoms with van der Waals surface area (Å²) in [5.74, 6) is 0.473. The number of allylic oxidation sites excluding steroid dienone is 1. The fraction of sp³-hybridized carbons (Fsp3) is 0.182. The molecule has 0 spiro atoms. The second-order valence-corrected chi connectivity index (χ2v) is 3.40. The summed E-state index contributed by atoms with van der Waals surface area (Å²) in [5, 5.41) is 3.41. The lowest BCUT2D eigenvalue weighted by molar-refractivity contribution is 0.830. The van der Waals surface area contributed by atoms with Crippen molar-refractivity contribution in [2.45, 2.75) is 5.92 Å². The molecule has 0 radical (unpaired) electrons. The molecule has 3 rings (SSSR count). The van der Waals surface area contributed by atoms with Crippen LogP contribution < -0.4 is 5.32 Å². The molecule has 2 nitrogen and oxygen atoms in total. The number of hydrogen-bond acceptors (Lipinski definition) is 2. The van der Waals surface area contributed by atoms with Crippen LogP contribution in [0.2, 0.25) is 0 Å². The van der Waals surface area contributed by atoms with Crippen molar-refractivity contribution in [1.29, 1.82) is 0 Å². The molecule has 2 heterocycles. The summed E-state index contributed by atoms with van der Waals surface area (Å²) in [6, 6.07) is 8.44. The lowest BCUT2D eigenvalue weighted by Gasteiger charge is -2.11. The standard InChI is InChI=1S/C11H10N2/c1-2-4-10-8(3-1)9-7-12-6-5-11(9)13-10/h1-6,9,13H,7H2. The van der Waals surface area contributed by atoms with Gasteiger partial charge in [-0.3, -0.25) is 4.99 Å². The van der Waals surface area contributed by atoms with Crippen LogP contribution in [0.1, 0.15) is 11.5 Å². The first-order valence-corrected chi connectivity index (χ1v) is 4.51. The number of anilines is 1. The van der Waals surface area contributed by atoms with Crippen LogP contribution in [0.25, 0.3) is 0 Å². The van der Waals surface area contributed by atoms with Gasteiger partial charge in [-0.25, -0.2) is 0 Å². The highest BCUT2D eigenvalue weighted by Crippen LogP contribution is 2.38. The highest BCUT2D eigenvalue weighted by Gasteiger charge is 2.26. The smallest absolute Gasteiger partial charge is 0.0513 e. The molecular weight excluding hydrogens is 160 g/mol. The number of nitrogens with one attached hydrogen (secondary N) is 1. The minimum absolute atomic E-state index is 0.473. The van der Waals surface area contributed by atoms with E-state index in [-0.39, 0.29) is 0 Å². The number of rotatable bonds is 0. The predicted molar refractivity (Wildman–Crippen MR) is 54.2 cm³/mol. The zero-order chi connectivity index (χ0) is 8.67. The van der Waals surface area contributed by atoms with E-state index in [9.17, 15) is 0 Å². The number of fused-ring (bicyclic) bond motifs is 3. The Morgan fingerprint density at radius 3 is 3.23 bits per heavy atom. The maximum Gasteiger partial charge on any atom is 0.0513 e. The van der Waals surface area contributed by atoms with E-state index in [2.05, 4.69) is 40.7 Å². The van der Waals surface area contributed by atoms with Crippen LogP contribution in [0.4, 0.5) is 5.69 Å². The molecule has 13 heavy (non-hydrogen) atoms. The van der Waals surface area contributed by atoms with Crippen molar-refractivity contribution in [1.82, 2.24) is 0 Å². The Bertz CT molecular complexity index is 404. The zero-order valence-electron chi connectivity index (χ0n) is 7.20. The summed E-state index contributed by atoms with van der Waals surface area (Å²) in [7, 11) is 0. The molecule has 0 fully saturated rings. The maximum atomic E-state index is 4.28. The average molecular weight is 170 g/mol. The Labute approximate surface area is 77.0 Å². The van der Waals surface area contributed by atoms with E-state index < -0.39 is 0 Å². The number of para-hydroxylation sites is 1. The van der Waals surface area contributed by atoms with Gasteiger partial charge in [0, 0.05) is 23.5 Å². The molecule has 0 bridgehead atoms. The van der Waals surface area contributed by atoms with Crippen LogP contribution in [0.15, 0.2) is 41.0 Å². The Morgan fingerprint density at radius 1 is 1.31 bits per heavy atom. The van der Waals surface area contributed by atoms with Crippen LogP contribution in [-0.2, 0) is 0 Å². The third-order valence-corrected chi connectivity index (χ3v) is 2.64. The predicted octanol–water partition coefficient (Wildman–Crippen LogP) is 2.16. The zero-order valence-corrected chi connectivity index (χ0v) is 7.20. The topological polar surface area (TPSA) is 24.4 Å². The van der Waals surface area contributed by atoms with Gasteiger partial charge in [-0.1, -0.05) is 18.2 Å². The van der Waals surface area contributed by atoms with Crippen molar-refractivity contribution in [2.24, 2.45) is 4.99 Å². The first-order chi connectivity index (χ1) is 6.45. The second-order valence-electron chi connectivity index (χ2n) is 3.40. The van der Waals surface area contributed by atoms with Gasteiger partial charge in [-0.15, -0.1) is 0 Å². The van der Waals surface area contributed by atoms with Crippen molar-refractivity contribution in [3.8, 4) is 0 Å². The molecule has 64 valence electrons. The third-order valence-electron chi connectivity index (χ3n) is 2.64. The first-order valence-electron chi connectivity index (χ1n) is 4.51. The number of dihydropyridines is 1. The van der Waals surface area contributed by atoms with Gasteiger partial charge in [-0.05, 0) is 17.7 Å². The molecule has 1 atom stereocenters.